The van der Waals surface area contributed by atoms with E-state index in [1.807, 2.05) is 13.8 Å². The van der Waals surface area contributed by atoms with Crippen molar-refractivity contribution in [1.82, 2.24) is 10.6 Å². The van der Waals surface area contributed by atoms with Gasteiger partial charge in [-0.15, -0.1) is 6.58 Å². The van der Waals surface area contributed by atoms with Crippen molar-refractivity contribution in [1.29, 1.82) is 0 Å². The number of carbonyl (C=O) groups excluding carboxylic acids is 3. The molecular weight excluding hydrogens is 418 g/mol. The maximum absolute atomic E-state index is 12.7. The number of carbonyl (C=O) groups is 3. The second-order valence-corrected chi connectivity index (χ2v) is 7.26. The molecule has 32 heavy (non-hydrogen) atoms. The van der Waals surface area contributed by atoms with E-state index in [0.717, 1.165) is 0 Å². The van der Waals surface area contributed by atoms with Gasteiger partial charge in [0.1, 0.15) is 11.6 Å². The molecule has 1 saturated carbocycles. The van der Waals surface area contributed by atoms with E-state index in [9.17, 15) is 24.5 Å². The third-order valence-electron chi connectivity index (χ3n) is 5.28. The quantitative estimate of drug-likeness (QED) is 0.268. The van der Waals surface area contributed by atoms with Crippen LogP contribution in [0, 0.1) is 16.0 Å². The molecule has 2 unspecified atom stereocenters. The summed E-state index contributed by atoms with van der Waals surface area (Å²) >= 11 is 0. The van der Waals surface area contributed by atoms with Gasteiger partial charge >= 0.3 is 11.9 Å². The highest BCUT2D eigenvalue weighted by molar-refractivity contribution is 5.94. The van der Waals surface area contributed by atoms with E-state index in [-0.39, 0.29) is 42.6 Å². The Balaban J connectivity index is 0.00000176. The molecule has 2 N–H and O–H groups in total. The molecule has 1 heterocycles. The van der Waals surface area contributed by atoms with Crippen LogP contribution in [0.5, 0.6) is 0 Å². The zero-order valence-electron chi connectivity index (χ0n) is 18.5. The maximum Gasteiger partial charge on any atom is 0.338 e. The second-order valence-electron chi connectivity index (χ2n) is 7.26. The zero-order valence-corrected chi connectivity index (χ0v) is 18.5. The topological polar surface area (TPSA) is 137 Å². The summed E-state index contributed by atoms with van der Waals surface area (Å²) in [5, 5.41) is 16.4. The van der Waals surface area contributed by atoms with Crippen molar-refractivity contribution in [3.63, 3.8) is 0 Å². The van der Waals surface area contributed by atoms with Crippen molar-refractivity contribution >= 4 is 23.5 Å². The highest BCUT2D eigenvalue weighted by Gasteiger charge is 2.61. The normalized spacial score (nSPS) is 25.5. The molecule has 1 amide bonds. The lowest BCUT2D eigenvalue weighted by molar-refractivity contribution is -0.384. The number of esters is 2. The van der Waals surface area contributed by atoms with Gasteiger partial charge in [-0.05, 0) is 25.5 Å². The number of nitrogens with one attached hydrogen (secondary N) is 2. The monoisotopic (exact) mass is 447 g/mol. The van der Waals surface area contributed by atoms with Crippen molar-refractivity contribution in [2.45, 2.75) is 51.3 Å². The molecular formula is C22H29N3O7. The van der Waals surface area contributed by atoms with Crippen molar-refractivity contribution in [2.75, 3.05) is 13.2 Å². The van der Waals surface area contributed by atoms with Crippen molar-refractivity contribution in [2.24, 2.45) is 5.92 Å². The van der Waals surface area contributed by atoms with Gasteiger partial charge < -0.3 is 20.1 Å². The summed E-state index contributed by atoms with van der Waals surface area (Å²) in [6.07, 6.45) is 1.75. The van der Waals surface area contributed by atoms with Gasteiger partial charge in [-0.25, -0.2) is 9.59 Å². The Hall–Kier alpha value is -3.27. The lowest BCUT2D eigenvalue weighted by Gasteiger charge is -2.20. The van der Waals surface area contributed by atoms with E-state index in [2.05, 4.69) is 17.2 Å². The van der Waals surface area contributed by atoms with E-state index < -0.39 is 34.5 Å². The Labute approximate surface area is 186 Å². The highest BCUT2D eigenvalue weighted by atomic mass is 16.6. The second kappa shape index (κ2) is 10.9. The Bertz CT molecular complexity index is 871. The predicted molar refractivity (Wildman–Crippen MR) is 116 cm³/mol. The van der Waals surface area contributed by atoms with Crippen molar-refractivity contribution < 1.29 is 28.8 Å². The number of hydrogen-bond donors (Lipinski definition) is 2. The minimum atomic E-state index is -1.08. The van der Waals surface area contributed by atoms with Gasteiger partial charge in [-0.1, -0.05) is 19.9 Å². The Kier molecular flexibility index (Phi) is 8.48. The first-order chi connectivity index (χ1) is 15.3. The van der Waals surface area contributed by atoms with Gasteiger partial charge in [0, 0.05) is 31.0 Å². The summed E-state index contributed by atoms with van der Waals surface area (Å²) in [5.74, 6) is -1.67. The van der Waals surface area contributed by atoms with Crippen LogP contribution in [0.25, 0.3) is 0 Å². The number of benzene rings is 1. The molecule has 4 atom stereocenters. The fraction of sp³-hybridized carbons (Fsp3) is 0.500. The summed E-state index contributed by atoms with van der Waals surface area (Å²) in [6.45, 7) is 9.86. The molecule has 3 rings (SSSR count). The molecule has 2 fully saturated rings. The first-order valence-corrected chi connectivity index (χ1v) is 10.6. The summed E-state index contributed by atoms with van der Waals surface area (Å²) in [6, 6.07) is 4.45. The maximum atomic E-state index is 12.7. The average molecular weight is 447 g/mol. The highest BCUT2D eigenvalue weighted by Crippen LogP contribution is 2.45. The van der Waals surface area contributed by atoms with Gasteiger partial charge in [-0.3, -0.25) is 14.9 Å². The van der Waals surface area contributed by atoms with Crippen LogP contribution in [0.1, 0.15) is 44.0 Å². The van der Waals surface area contributed by atoms with E-state index in [1.54, 1.807) is 13.0 Å². The molecule has 1 aliphatic heterocycles. The van der Waals surface area contributed by atoms with Crippen LogP contribution in [0.4, 0.5) is 5.69 Å². The van der Waals surface area contributed by atoms with E-state index in [0.29, 0.717) is 6.42 Å². The fourth-order valence-corrected chi connectivity index (χ4v) is 3.50. The van der Waals surface area contributed by atoms with E-state index in [1.165, 1.54) is 24.3 Å². The molecule has 0 aromatic heterocycles. The SMILES string of the molecule is C=C[C@@H]1C[C@]1(NC(=O)C1CC(OC(=O)c2ccc([N+](=O)[O-])cc2)CN1)C(=O)OCC.CC. The molecule has 1 aliphatic carbocycles. The Morgan fingerprint density at radius 2 is 1.97 bits per heavy atom. The Morgan fingerprint density at radius 3 is 2.50 bits per heavy atom. The lowest BCUT2D eigenvalue weighted by Crippen LogP contribution is -2.51. The number of nitro groups is 1. The molecule has 1 saturated heterocycles. The smallest absolute Gasteiger partial charge is 0.338 e. The summed E-state index contributed by atoms with van der Waals surface area (Å²) in [7, 11) is 0. The summed E-state index contributed by atoms with van der Waals surface area (Å²) in [4.78, 5) is 47.3. The number of ether oxygens (including phenoxy) is 2. The van der Waals surface area contributed by atoms with Gasteiger partial charge in [0.2, 0.25) is 5.91 Å². The molecule has 10 nitrogen and oxygen atoms in total. The van der Waals surface area contributed by atoms with Crippen LogP contribution in [-0.2, 0) is 19.1 Å². The number of rotatable bonds is 8. The van der Waals surface area contributed by atoms with Crippen molar-refractivity contribution in [3.05, 3.63) is 52.6 Å². The minimum Gasteiger partial charge on any atom is -0.464 e. The standard InChI is InChI=1S/C20H23N3O7.C2H6/c1-3-13-10-20(13,19(26)29-4-2)22-17(24)16-9-15(11-21-16)30-18(25)12-5-7-14(8-6-12)23(27)28;1-2/h3,5-8,13,15-16,21H,1,4,9-11H2,2H3,(H,22,24);1-2H3/t13-,15?,16?,20-;/m1./s1. The summed E-state index contributed by atoms with van der Waals surface area (Å²) < 4.78 is 10.5. The van der Waals surface area contributed by atoms with Crippen LogP contribution < -0.4 is 10.6 Å². The number of nitrogens with zero attached hydrogens (tertiary/aromatic N) is 1. The molecule has 2 aliphatic rings. The molecule has 174 valence electrons. The largest absolute Gasteiger partial charge is 0.464 e. The number of nitro benzene ring substituents is 1. The molecule has 10 heteroatoms. The molecule has 1 aromatic carbocycles. The number of non-ortho nitro benzene ring substituents is 1. The third kappa shape index (κ3) is 5.50. The molecule has 1 aromatic rings. The Morgan fingerprint density at radius 1 is 1.31 bits per heavy atom. The fourth-order valence-electron chi connectivity index (χ4n) is 3.50. The minimum absolute atomic E-state index is 0.126. The first-order valence-electron chi connectivity index (χ1n) is 10.6. The third-order valence-corrected chi connectivity index (χ3v) is 5.28. The van der Waals surface area contributed by atoms with Gasteiger partial charge in [-0.2, -0.15) is 0 Å². The van der Waals surface area contributed by atoms with Crippen LogP contribution in [0.3, 0.4) is 0 Å². The van der Waals surface area contributed by atoms with Crippen LogP contribution in [0.15, 0.2) is 36.9 Å². The molecule has 0 bridgehead atoms. The van der Waals surface area contributed by atoms with Crippen LogP contribution >= 0.6 is 0 Å². The van der Waals surface area contributed by atoms with Crippen LogP contribution in [0.2, 0.25) is 0 Å². The predicted octanol–water partition coefficient (Wildman–Crippen LogP) is 2.13. The lowest BCUT2D eigenvalue weighted by atomic mass is 10.1. The average Bonchev–Trinajstić information content (AvgIpc) is 3.31. The van der Waals surface area contributed by atoms with E-state index >= 15 is 0 Å². The van der Waals surface area contributed by atoms with E-state index in [4.69, 9.17) is 9.47 Å². The van der Waals surface area contributed by atoms with Gasteiger partial charge in [0.25, 0.3) is 5.69 Å². The van der Waals surface area contributed by atoms with Crippen molar-refractivity contribution in [3.8, 4) is 0 Å². The van der Waals surface area contributed by atoms with Gasteiger partial charge in [0.15, 0.2) is 0 Å². The molecule has 0 radical (unpaired) electrons. The molecule has 0 spiro atoms. The zero-order chi connectivity index (χ0) is 23.9. The number of hydrogen-bond acceptors (Lipinski definition) is 8. The van der Waals surface area contributed by atoms with Crippen LogP contribution in [-0.4, -0.2) is 53.6 Å². The summed E-state index contributed by atoms with van der Waals surface area (Å²) in [5.41, 5.74) is -1.02. The number of amides is 1. The first kappa shape index (κ1) is 25.0. The van der Waals surface area contributed by atoms with Gasteiger partial charge in [0.05, 0.1) is 23.1 Å².